The first-order chi connectivity index (χ1) is 13.1. The largest absolute Gasteiger partial charge is 0.490 e. The van der Waals surface area contributed by atoms with Crippen LogP contribution in [0.2, 0.25) is 0 Å². The van der Waals surface area contributed by atoms with E-state index in [2.05, 4.69) is 5.32 Å². The molecule has 2 saturated carbocycles. The van der Waals surface area contributed by atoms with Gasteiger partial charge in [0, 0.05) is 30.5 Å². The van der Waals surface area contributed by atoms with Crippen LogP contribution in [0.15, 0.2) is 18.2 Å². The van der Waals surface area contributed by atoms with Crippen LogP contribution in [0.3, 0.4) is 0 Å². The summed E-state index contributed by atoms with van der Waals surface area (Å²) in [6, 6.07) is 6.25. The molecule has 27 heavy (non-hydrogen) atoms. The Morgan fingerprint density at radius 1 is 1.15 bits per heavy atom. The van der Waals surface area contributed by atoms with Crippen molar-refractivity contribution in [2.75, 3.05) is 18.5 Å². The number of anilines is 1. The molecule has 1 aliphatic heterocycles. The molecule has 1 amide bonds. The van der Waals surface area contributed by atoms with E-state index >= 15 is 0 Å². The topological polar surface area (TPSA) is 73.6 Å². The van der Waals surface area contributed by atoms with Crippen LogP contribution in [0.1, 0.15) is 50.5 Å². The zero-order valence-electron chi connectivity index (χ0n) is 16.3. The van der Waals surface area contributed by atoms with Gasteiger partial charge in [0.25, 0.3) is 0 Å². The number of aryl methyl sites for hydroxylation is 1. The fourth-order valence-corrected chi connectivity index (χ4v) is 5.08. The van der Waals surface area contributed by atoms with E-state index in [0.717, 1.165) is 55.9 Å². The quantitative estimate of drug-likeness (QED) is 0.846. The average Bonchev–Trinajstić information content (AvgIpc) is 2.64. The summed E-state index contributed by atoms with van der Waals surface area (Å²) < 4.78 is 11.5. The van der Waals surface area contributed by atoms with Gasteiger partial charge < -0.3 is 20.5 Å². The molecule has 0 aromatic heterocycles. The standard InChI is InChI=1S/C22H32N2O3/c1-14-11-18(5-6-20(14)27-19-7-9-26-10-8-19)24-22(25)17-12-15-3-2-4-16(13-17)21(15)23/h5-6,11,15-17,19,21H,2-4,7-10,12-13,23H2,1H3,(H,24,25). The Morgan fingerprint density at radius 2 is 1.85 bits per heavy atom. The van der Waals surface area contributed by atoms with E-state index in [-0.39, 0.29) is 17.9 Å². The molecule has 2 atom stereocenters. The lowest BCUT2D eigenvalue weighted by atomic mass is 9.65. The Labute approximate surface area is 162 Å². The average molecular weight is 373 g/mol. The van der Waals surface area contributed by atoms with Gasteiger partial charge in [-0.1, -0.05) is 6.42 Å². The van der Waals surface area contributed by atoms with Crippen molar-refractivity contribution in [3.05, 3.63) is 23.8 Å². The van der Waals surface area contributed by atoms with E-state index in [4.69, 9.17) is 15.2 Å². The summed E-state index contributed by atoms with van der Waals surface area (Å²) >= 11 is 0. The molecule has 148 valence electrons. The van der Waals surface area contributed by atoms with Gasteiger partial charge in [-0.15, -0.1) is 0 Å². The molecule has 3 N–H and O–H groups in total. The Bertz CT molecular complexity index is 658. The molecule has 2 aliphatic carbocycles. The van der Waals surface area contributed by atoms with E-state index in [0.29, 0.717) is 17.9 Å². The number of hydrogen-bond donors (Lipinski definition) is 2. The molecule has 2 unspecified atom stereocenters. The molecule has 1 aromatic rings. The Balaban J connectivity index is 1.36. The number of benzene rings is 1. The summed E-state index contributed by atoms with van der Waals surface area (Å²) in [6.45, 7) is 3.57. The second-order valence-corrected chi connectivity index (χ2v) is 8.60. The van der Waals surface area contributed by atoms with Gasteiger partial charge in [0.05, 0.1) is 13.2 Å². The lowest BCUT2D eigenvalue weighted by Crippen LogP contribution is -2.48. The van der Waals surface area contributed by atoms with E-state index in [1.807, 2.05) is 25.1 Å². The summed E-state index contributed by atoms with van der Waals surface area (Å²) in [5, 5.41) is 3.13. The summed E-state index contributed by atoms with van der Waals surface area (Å²) in [4.78, 5) is 12.8. The summed E-state index contributed by atoms with van der Waals surface area (Å²) in [6.07, 6.45) is 7.60. The lowest BCUT2D eigenvalue weighted by Gasteiger charge is -2.43. The molecule has 1 heterocycles. The maximum Gasteiger partial charge on any atom is 0.227 e. The predicted octanol–water partition coefficient (Wildman–Crippen LogP) is 3.64. The fraction of sp³-hybridized carbons (Fsp3) is 0.682. The van der Waals surface area contributed by atoms with Gasteiger partial charge in [0.15, 0.2) is 0 Å². The first kappa shape index (κ1) is 18.8. The van der Waals surface area contributed by atoms with Gasteiger partial charge in [0.1, 0.15) is 11.9 Å². The van der Waals surface area contributed by atoms with E-state index in [9.17, 15) is 4.79 Å². The first-order valence-corrected chi connectivity index (χ1v) is 10.5. The molecular weight excluding hydrogens is 340 g/mol. The number of rotatable bonds is 4. The van der Waals surface area contributed by atoms with Crippen molar-refractivity contribution < 1.29 is 14.3 Å². The number of carbonyl (C=O) groups is 1. The van der Waals surface area contributed by atoms with Gasteiger partial charge in [-0.25, -0.2) is 0 Å². The number of nitrogens with two attached hydrogens (primary N) is 1. The second-order valence-electron chi connectivity index (χ2n) is 8.60. The monoisotopic (exact) mass is 372 g/mol. The van der Waals surface area contributed by atoms with Gasteiger partial charge >= 0.3 is 0 Å². The van der Waals surface area contributed by atoms with Crippen molar-refractivity contribution in [1.29, 1.82) is 0 Å². The third-order valence-corrected chi connectivity index (χ3v) is 6.69. The number of ether oxygens (including phenoxy) is 2. The Hall–Kier alpha value is -1.59. The van der Waals surface area contributed by atoms with Crippen molar-refractivity contribution in [3.8, 4) is 5.75 Å². The van der Waals surface area contributed by atoms with Gasteiger partial charge in [-0.3, -0.25) is 4.79 Å². The summed E-state index contributed by atoms with van der Waals surface area (Å²) in [5.74, 6) is 2.18. The van der Waals surface area contributed by atoms with Crippen molar-refractivity contribution in [3.63, 3.8) is 0 Å². The minimum atomic E-state index is 0.0959. The van der Waals surface area contributed by atoms with Crippen LogP contribution in [0.5, 0.6) is 5.75 Å². The number of carbonyl (C=O) groups excluding carboxylic acids is 1. The summed E-state index contributed by atoms with van der Waals surface area (Å²) in [7, 11) is 0. The first-order valence-electron chi connectivity index (χ1n) is 10.5. The summed E-state index contributed by atoms with van der Waals surface area (Å²) in [5.41, 5.74) is 8.27. The minimum Gasteiger partial charge on any atom is -0.490 e. The van der Waals surface area contributed by atoms with Crippen LogP contribution in [-0.4, -0.2) is 31.3 Å². The molecule has 2 bridgehead atoms. The highest BCUT2D eigenvalue weighted by Crippen LogP contribution is 2.42. The Kier molecular flexibility index (Phi) is 5.69. The van der Waals surface area contributed by atoms with Crippen LogP contribution < -0.4 is 15.8 Å². The molecule has 0 radical (unpaired) electrons. The normalized spacial score (nSPS) is 31.3. The van der Waals surface area contributed by atoms with Crippen LogP contribution in [0.25, 0.3) is 0 Å². The number of hydrogen-bond acceptors (Lipinski definition) is 4. The van der Waals surface area contributed by atoms with Gasteiger partial charge in [-0.2, -0.15) is 0 Å². The SMILES string of the molecule is Cc1cc(NC(=O)C2CC3CCCC(C2)C3N)ccc1OC1CCOCC1. The highest BCUT2D eigenvalue weighted by Gasteiger charge is 2.40. The zero-order valence-corrected chi connectivity index (χ0v) is 16.3. The van der Waals surface area contributed by atoms with Crippen LogP contribution in [0.4, 0.5) is 5.69 Å². The predicted molar refractivity (Wildman–Crippen MR) is 106 cm³/mol. The second kappa shape index (κ2) is 8.19. The van der Waals surface area contributed by atoms with Gasteiger partial charge in [0.2, 0.25) is 5.91 Å². The molecule has 4 rings (SSSR count). The third kappa shape index (κ3) is 4.30. The maximum atomic E-state index is 12.8. The maximum absolute atomic E-state index is 12.8. The minimum absolute atomic E-state index is 0.0959. The van der Waals surface area contributed by atoms with Crippen LogP contribution >= 0.6 is 0 Å². The van der Waals surface area contributed by atoms with Crippen molar-refractivity contribution in [2.24, 2.45) is 23.5 Å². The number of nitrogens with one attached hydrogen (secondary N) is 1. The van der Waals surface area contributed by atoms with E-state index in [1.165, 1.54) is 19.3 Å². The van der Waals surface area contributed by atoms with Crippen molar-refractivity contribution in [1.82, 2.24) is 0 Å². The van der Waals surface area contributed by atoms with Crippen LogP contribution in [0, 0.1) is 24.7 Å². The number of fused-ring (bicyclic) bond motifs is 2. The molecule has 5 nitrogen and oxygen atoms in total. The van der Waals surface area contributed by atoms with Crippen LogP contribution in [-0.2, 0) is 9.53 Å². The van der Waals surface area contributed by atoms with Crippen molar-refractivity contribution >= 4 is 11.6 Å². The van der Waals surface area contributed by atoms with E-state index in [1.54, 1.807) is 0 Å². The lowest BCUT2D eigenvalue weighted by molar-refractivity contribution is -0.122. The molecule has 3 fully saturated rings. The smallest absolute Gasteiger partial charge is 0.227 e. The molecule has 1 saturated heterocycles. The highest BCUT2D eigenvalue weighted by molar-refractivity contribution is 5.92. The van der Waals surface area contributed by atoms with Gasteiger partial charge in [-0.05, 0) is 68.2 Å². The molecule has 3 aliphatic rings. The molecule has 1 aromatic carbocycles. The molecule has 5 heteroatoms. The van der Waals surface area contributed by atoms with E-state index < -0.39 is 0 Å². The zero-order chi connectivity index (χ0) is 18.8. The third-order valence-electron chi connectivity index (χ3n) is 6.69. The Morgan fingerprint density at radius 3 is 2.52 bits per heavy atom. The van der Waals surface area contributed by atoms with Crippen molar-refractivity contribution in [2.45, 2.75) is 64.0 Å². The number of amides is 1. The highest BCUT2D eigenvalue weighted by atomic mass is 16.5. The molecule has 0 spiro atoms. The fourth-order valence-electron chi connectivity index (χ4n) is 5.08. The molecular formula is C22H32N2O3.